The average Bonchev–Trinajstić information content (AvgIpc) is 1.39. The number of amides is 2. The Morgan fingerprint density at radius 3 is 1.04 bits per heavy atom. The van der Waals surface area contributed by atoms with Gasteiger partial charge in [0.2, 0.25) is 31.5 Å². The van der Waals surface area contributed by atoms with Crippen LogP contribution in [0.5, 0.6) is 0 Å². The number of hydrogen-bond donors (Lipinski definition) is 12. The Bertz CT molecular complexity index is 3430. The van der Waals surface area contributed by atoms with E-state index in [1.54, 1.807) is 154 Å². The van der Waals surface area contributed by atoms with Crippen LogP contribution in [0.15, 0.2) is 18.7 Å². The number of nitrogens with zero attached hydrogens (tertiary/aromatic N) is 2. The second kappa shape index (κ2) is 83.2. The van der Waals surface area contributed by atoms with Crippen molar-refractivity contribution in [3.63, 3.8) is 0 Å². The number of carboxylic acid groups (broad SMARTS) is 2. The van der Waals surface area contributed by atoms with Crippen LogP contribution in [0.25, 0.3) is 0 Å². The molecule has 8 fully saturated rings. The Kier molecular flexibility index (Phi) is 85.2. The van der Waals surface area contributed by atoms with Gasteiger partial charge in [-0.2, -0.15) is 143 Å². The summed E-state index contributed by atoms with van der Waals surface area (Å²) in [6, 6.07) is 0. The first-order chi connectivity index (χ1) is 63.7. The topological polar surface area (TPSA) is 626 Å². The van der Waals surface area contributed by atoms with Crippen LogP contribution in [0.4, 0.5) is 0 Å². The maximum Gasteiger partial charge on any atom is 0.324 e. The van der Waals surface area contributed by atoms with Crippen molar-refractivity contribution < 1.29 is 134 Å². The highest BCUT2D eigenvalue weighted by Crippen LogP contribution is 2.41. The fourth-order valence-corrected chi connectivity index (χ4v) is 33.8. The number of nitrogens with two attached hydrogens (primary N) is 6. The largest absolute Gasteiger partial charge is 0.481 e. The van der Waals surface area contributed by atoms with Gasteiger partial charge in [0, 0.05) is 109 Å². The Morgan fingerprint density at radius 2 is 0.770 bits per heavy atom. The third-order valence-corrected chi connectivity index (χ3v) is 41.4. The number of rotatable bonds is 29. The fourth-order valence-electron chi connectivity index (χ4n) is 11.5. The van der Waals surface area contributed by atoms with E-state index in [1.165, 1.54) is 108 Å². The van der Waals surface area contributed by atoms with Gasteiger partial charge >= 0.3 is 59.7 Å². The van der Waals surface area contributed by atoms with E-state index >= 15 is 0 Å². The Balaban J connectivity index is -0.00000145. The molecule has 8 aliphatic heterocycles. The van der Waals surface area contributed by atoms with Crippen LogP contribution in [-0.2, 0) is 124 Å². The summed E-state index contributed by atoms with van der Waals surface area (Å²) in [4.78, 5) is 170. The van der Waals surface area contributed by atoms with E-state index in [9.17, 15) is 77.0 Å². The summed E-state index contributed by atoms with van der Waals surface area (Å²) in [6.45, 7) is 2.79. The number of carbonyl (C=O) groups excluding carboxylic acids is 13. The van der Waals surface area contributed by atoms with Crippen LogP contribution in [0, 0.1) is 82.9 Å². The van der Waals surface area contributed by atoms with Gasteiger partial charge in [-0.15, -0.1) is 70.6 Å². The molecule has 0 atom stereocenters. The molecule has 2 amide bonds. The molecule has 61 heteroatoms. The first-order valence-corrected chi connectivity index (χ1v) is 62.9. The van der Waals surface area contributed by atoms with Crippen LogP contribution in [0.2, 0.25) is 0 Å². The standard InChI is InChI=1S/C13H16N2O5S3.C9H14O5S2.C9H14O4S2.C7H8Cl2O2S2.C7H12N2O2S2.C7H16N2S2.C7H10O4S2.C6H16N2S2.C5H8O4.C4H6OS2.Cl2OS.H3N/c1-18-10(16)9(11(17)19-2)13(5-22-8-23-6-13)20-12(21)15-4-3-14-7-15;1-13-7(10)6(8(11)14-2)9(12)3-15-5-16-4-9;1-12-8(10)7(9(11)13-2)6-3-14-5-15-4-6;2*8-6(10)5(7(9)11)4-1-12-3-13-2-4;8-1-6(2-9)7-3-10-5-11-4-7;8-6(9)5(7(10)11)4-1-12-3-13-2-4;7-1-5(2-8)6(3-9)4-10;1-8-4(6)3-5(7)9-2;5-4-1-6-3-7-2-4;1-4(2)3;/h3-4,7,9H,5-6,8H2,1-2H3;6,12H,3-5H2,1-2H3;6-7H,3-5H2,1-2H3;4-5H,1-3H2;4-5H,1-3H2,(H2,8,10)(H2,9,11);6-7H,1-5,8-9H2;4-5H,1-3H2,(H,8,9)(H,10,11);5-6,9-10H,1-4,7-8H2;3H2,1-2H3;1-3H2;;1H3. The summed E-state index contributed by atoms with van der Waals surface area (Å²) in [7, 11) is 17.2. The number of ketones is 1. The molecule has 9 rings (SSSR count). The number of thiol groups is 2. The molecule has 37 nitrogen and oxygen atoms in total. The molecular weight excluding hydrogens is 2250 g/mol. The smallest absolute Gasteiger partial charge is 0.324 e. The highest BCUT2D eigenvalue weighted by Gasteiger charge is 2.54. The minimum atomic E-state index is -1.67. The number of thiocarbonyl (C=S) groups is 1. The van der Waals surface area contributed by atoms with Crippen molar-refractivity contribution in [1.82, 2.24) is 15.7 Å². The SMILES string of the molecule is COC(=O)C(C(=O)OC)C1(O)CSCSC1.COC(=O)C(C(=O)OC)C1(OC(=S)n2ccnc2)CSCSC1.COC(=O)C(C(=O)OC)C1CSCSC1.COC(=O)CC(=O)OC.N.NC(=O)C(C(N)=O)C1CSCSC1.NCC(CN)C(CS)CS.NCC(CN)C1CSCSC1.O=C(Cl)C(C(=O)Cl)C1CSCSC1.O=C(O)C(C(=O)O)C1CSCSC1.O=C1CSCSC1.O=S(Cl)Cl. The molecule has 1 aromatic heterocycles. The third kappa shape index (κ3) is 57.7. The molecule has 0 aromatic carbocycles. The van der Waals surface area contributed by atoms with Crippen molar-refractivity contribution in [1.29, 1.82) is 0 Å². The van der Waals surface area contributed by atoms with E-state index in [4.69, 9.17) is 98.5 Å². The molecule has 0 aliphatic carbocycles. The molecule has 8 aliphatic rings. The lowest BCUT2D eigenvalue weighted by atomic mass is 9.90. The number of aromatic nitrogens is 2. The van der Waals surface area contributed by atoms with E-state index in [0.717, 1.165) is 112 Å². The molecule has 0 spiro atoms. The van der Waals surface area contributed by atoms with E-state index < -0.39 is 138 Å². The van der Waals surface area contributed by atoms with Crippen molar-refractivity contribution >= 4 is 372 Å². The summed E-state index contributed by atoms with van der Waals surface area (Å²) in [5.41, 5.74) is 29.9. The number of Topliss-reactive ketones (excluding diaryl/α,β-unsaturated/α-hetero) is 1. The number of hydrogen-bond acceptors (Lipinski definition) is 51. The van der Waals surface area contributed by atoms with Gasteiger partial charge in [-0.05, 0) is 166 Å². The molecular formula is C74H123Cl4N9O28S20. The zero-order valence-electron chi connectivity index (χ0n) is 75.1. The maximum absolute atomic E-state index is 12.2. The number of aliphatic hydroxyl groups is 1. The van der Waals surface area contributed by atoms with E-state index in [0.29, 0.717) is 71.1 Å². The quantitative estimate of drug-likeness (QED) is 0.00926. The predicted octanol–water partition coefficient (Wildman–Crippen LogP) is 7.42. The number of ether oxygens (including phenoxy) is 9. The lowest BCUT2D eigenvalue weighted by Gasteiger charge is -2.39. The molecule has 18 N–H and O–H groups in total. The molecule has 0 saturated carbocycles. The second-order valence-corrected chi connectivity index (χ2v) is 51.2. The first kappa shape index (κ1) is 138. The van der Waals surface area contributed by atoms with Gasteiger partial charge < -0.3 is 98.5 Å². The van der Waals surface area contributed by atoms with Gasteiger partial charge in [-0.3, -0.25) is 76.5 Å². The van der Waals surface area contributed by atoms with Gasteiger partial charge in [0.05, 0.1) is 68.4 Å². The van der Waals surface area contributed by atoms with Crippen molar-refractivity contribution in [3.8, 4) is 0 Å². The molecule has 9 heterocycles. The van der Waals surface area contributed by atoms with Crippen LogP contribution < -0.4 is 40.6 Å². The monoisotopic (exact) mass is 2370 g/mol. The molecule has 0 radical (unpaired) electrons. The van der Waals surface area contributed by atoms with Crippen LogP contribution in [-0.4, -0.2) is 361 Å². The number of imidazole rings is 1. The number of aliphatic carboxylic acids is 2. The minimum Gasteiger partial charge on any atom is -0.481 e. The first-order valence-electron chi connectivity index (χ1n) is 39.2. The highest BCUT2D eigenvalue weighted by atomic mass is 36.0. The molecule has 780 valence electrons. The van der Waals surface area contributed by atoms with Crippen molar-refractivity contribution in [2.45, 2.75) is 17.6 Å². The highest BCUT2D eigenvalue weighted by molar-refractivity contribution is 8.26. The lowest BCUT2D eigenvalue weighted by Crippen LogP contribution is -2.56. The summed E-state index contributed by atoms with van der Waals surface area (Å²) in [5.74, 6) is 0.763. The normalized spacial score (nSPS) is 17.1. The van der Waals surface area contributed by atoms with Gasteiger partial charge in [-0.25, -0.2) is 9.19 Å². The van der Waals surface area contributed by atoms with Gasteiger partial charge in [0.15, 0.2) is 35.1 Å². The van der Waals surface area contributed by atoms with Gasteiger partial charge in [-0.1, -0.05) is 0 Å². The number of carboxylic acids is 2. The predicted molar refractivity (Wildman–Crippen MR) is 576 cm³/mol. The zero-order chi connectivity index (χ0) is 102. The number of primary amides is 2. The number of halogens is 4. The van der Waals surface area contributed by atoms with E-state index in [2.05, 4.69) is 80.0 Å². The van der Waals surface area contributed by atoms with Crippen LogP contribution >= 0.6 is 270 Å². The maximum atomic E-state index is 12.2. The number of carbonyl (C=O) groups is 15. The summed E-state index contributed by atoms with van der Waals surface area (Å²) < 4.78 is 52.8. The van der Waals surface area contributed by atoms with Crippen molar-refractivity contribution in [2.75, 3.05) is 227 Å². The number of thioether (sulfide) groups is 16. The Morgan fingerprint density at radius 1 is 0.467 bits per heavy atom. The van der Waals surface area contributed by atoms with Gasteiger partial charge in [0.1, 0.15) is 30.2 Å². The fraction of sp³-hybridized carbons (Fsp3) is 0.743. The molecule has 1 aromatic rings. The van der Waals surface area contributed by atoms with E-state index in [-0.39, 0.29) is 41.4 Å². The van der Waals surface area contributed by atoms with Crippen LogP contribution in [0.1, 0.15) is 6.42 Å². The second-order valence-electron chi connectivity index (χ2n) is 27.7. The molecule has 0 unspecified atom stereocenters. The third-order valence-electron chi connectivity index (χ3n) is 18.6. The van der Waals surface area contributed by atoms with Gasteiger partial charge in [0.25, 0.3) is 5.17 Å². The average molecular weight is 2370 g/mol. The molecule has 8 saturated heterocycles. The lowest BCUT2D eigenvalue weighted by molar-refractivity contribution is -0.170. The summed E-state index contributed by atoms with van der Waals surface area (Å²) >= 11 is 51.3. The van der Waals surface area contributed by atoms with E-state index in [1.807, 2.05) is 23.5 Å². The molecule has 0 bridgehead atoms. The molecule has 135 heavy (non-hydrogen) atoms. The number of methoxy groups -OCH3 is 8. The van der Waals surface area contributed by atoms with Crippen LogP contribution in [0.3, 0.4) is 0 Å². The van der Waals surface area contributed by atoms with Crippen molar-refractivity contribution in [2.24, 2.45) is 117 Å². The zero-order valence-corrected chi connectivity index (χ0v) is 94.6. The number of esters is 8. The Hall–Kier alpha value is -0.880. The summed E-state index contributed by atoms with van der Waals surface area (Å²) in [5, 5.41) is 34.6. The van der Waals surface area contributed by atoms with Crippen molar-refractivity contribution in [3.05, 3.63) is 18.7 Å². The Labute approximate surface area is 893 Å². The minimum absolute atomic E-state index is 0. The summed E-state index contributed by atoms with van der Waals surface area (Å²) in [6.07, 6.45) is 4.37.